The summed E-state index contributed by atoms with van der Waals surface area (Å²) in [6.07, 6.45) is 9.44. The molecule has 26 heavy (non-hydrogen) atoms. The Balaban J connectivity index is 4.63. The van der Waals surface area contributed by atoms with Gasteiger partial charge in [-0.25, -0.2) is 0 Å². The molecular formula is C22H40O2S2. The molecule has 0 bridgehead atoms. The summed E-state index contributed by atoms with van der Waals surface area (Å²) in [6, 6.07) is 0. The molecule has 0 fully saturated rings. The smallest absolute Gasteiger partial charge is 0.193 e. The van der Waals surface area contributed by atoms with Crippen molar-refractivity contribution in [2.45, 2.75) is 106 Å². The SMILES string of the molecule is CCCCCCCC/C(=C/SC(=O)CC(C)(C)C)SC(=O)CC(C)(C)C. The highest BCUT2D eigenvalue weighted by molar-refractivity contribution is 8.19. The average Bonchev–Trinajstić information content (AvgIpc) is 2.44. The normalized spacial score (nSPS) is 13.1. The molecule has 0 saturated heterocycles. The first-order chi connectivity index (χ1) is 11.9. The van der Waals surface area contributed by atoms with E-state index in [1.165, 1.54) is 55.6 Å². The van der Waals surface area contributed by atoms with Crippen LogP contribution in [-0.2, 0) is 9.59 Å². The number of hydrogen-bond acceptors (Lipinski definition) is 4. The van der Waals surface area contributed by atoms with Crippen LogP contribution in [0.4, 0.5) is 0 Å². The van der Waals surface area contributed by atoms with Gasteiger partial charge in [0.05, 0.1) is 0 Å². The molecule has 0 unspecified atom stereocenters. The second-order valence-corrected chi connectivity index (χ2v) is 11.7. The van der Waals surface area contributed by atoms with E-state index in [-0.39, 0.29) is 21.1 Å². The van der Waals surface area contributed by atoms with Crippen LogP contribution in [0.5, 0.6) is 0 Å². The highest BCUT2D eigenvalue weighted by atomic mass is 32.2. The van der Waals surface area contributed by atoms with Gasteiger partial charge in [-0.3, -0.25) is 9.59 Å². The summed E-state index contributed by atoms with van der Waals surface area (Å²) in [5, 5.41) is 2.33. The highest BCUT2D eigenvalue weighted by Crippen LogP contribution is 2.32. The second kappa shape index (κ2) is 13.0. The standard InChI is InChI=1S/C22H40O2S2/c1-8-9-10-11-12-13-14-18(26-20(24)16-22(5,6)7)17-25-19(23)15-21(2,3)4/h17H,8-16H2,1-7H3/b18-17-. The van der Waals surface area contributed by atoms with Crippen molar-refractivity contribution in [2.75, 3.05) is 0 Å². The molecule has 0 radical (unpaired) electrons. The molecule has 0 aliphatic carbocycles. The number of carbonyl (C=O) groups is 2. The van der Waals surface area contributed by atoms with Crippen molar-refractivity contribution in [1.82, 2.24) is 0 Å². The third kappa shape index (κ3) is 17.2. The lowest BCUT2D eigenvalue weighted by Crippen LogP contribution is -2.10. The van der Waals surface area contributed by atoms with Crippen molar-refractivity contribution < 1.29 is 9.59 Å². The van der Waals surface area contributed by atoms with Gasteiger partial charge in [-0.2, -0.15) is 0 Å². The van der Waals surface area contributed by atoms with Crippen LogP contribution in [0.1, 0.15) is 106 Å². The van der Waals surface area contributed by atoms with Gasteiger partial charge in [0.15, 0.2) is 10.2 Å². The fourth-order valence-corrected chi connectivity index (χ4v) is 4.71. The molecule has 0 amide bonds. The summed E-state index contributed by atoms with van der Waals surface area (Å²) in [5.74, 6) is 0. The molecule has 0 spiro atoms. The van der Waals surface area contributed by atoms with Crippen molar-refractivity contribution in [3.63, 3.8) is 0 Å². The quantitative estimate of drug-likeness (QED) is 0.329. The molecule has 2 nitrogen and oxygen atoms in total. The van der Waals surface area contributed by atoms with E-state index in [2.05, 4.69) is 48.5 Å². The largest absolute Gasteiger partial charge is 0.287 e. The molecule has 0 saturated carbocycles. The summed E-state index contributed by atoms with van der Waals surface area (Å²) in [6.45, 7) is 14.7. The summed E-state index contributed by atoms with van der Waals surface area (Å²) in [4.78, 5) is 25.6. The molecule has 0 aliphatic rings. The first kappa shape index (κ1) is 25.8. The zero-order chi connectivity index (χ0) is 20.2. The Kier molecular flexibility index (Phi) is 12.9. The predicted molar refractivity (Wildman–Crippen MR) is 119 cm³/mol. The maximum atomic E-state index is 12.3. The van der Waals surface area contributed by atoms with Gasteiger partial charge < -0.3 is 0 Å². The number of hydrogen-bond donors (Lipinski definition) is 0. The maximum absolute atomic E-state index is 12.3. The minimum Gasteiger partial charge on any atom is -0.287 e. The number of rotatable bonds is 11. The van der Waals surface area contributed by atoms with Crippen molar-refractivity contribution in [3.8, 4) is 0 Å². The van der Waals surface area contributed by atoms with Gasteiger partial charge in [0, 0.05) is 12.8 Å². The van der Waals surface area contributed by atoms with Gasteiger partial charge in [-0.15, -0.1) is 0 Å². The fourth-order valence-electron chi connectivity index (χ4n) is 2.44. The van der Waals surface area contributed by atoms with E-state index in [0.717, 1.165) is 17.7 Å². The molecule has 0 aliphatic heterocycles. The minimum absolute atomic E-state index is 0.00451. The first-order valence-corrected chi connectivity index (χ1v) is 11.7. The van der Waals surface area contributed by atoms with Crippen LogP contribution >= 0.6 is 23.5 Å². The van der Waals surface area contributed by atoms with Crippen LogP contribution in [0.25, 0.3) is 0 Å². The monoisotopic (exact) mass is 400 g/mol. The zero-order valence-electron chi connectivity index (χ0n) is 18.1. The van der Waals surface area contributed by atoms with Gasteiger partial charge in [0.25, 0.3) is 0 Å². The molecule has 0 N–H and O–H groups in total. The van der Waals surface area contributed by atoms with E-state index in [9.17, 15) is 9.59 Å². The van der Waals surface area contributed by atoms with Gasteiger partial charge in [0.1, 0.15) is 0 Å². The molecule has 0 atom stereocenters. The van der Waals surface area contributed by atoms with E-state index < -0.39 is 0 Å². The third-order valence-corrected chi connectivity index (χ3v) is 5.61. The van der Waals surface area contributed by atoms with Crippen LogP contribution in [-0.4, -0.2) is 10.2 Å². The minimum atomic E-state index is 0.00451. The summed E-state index contributed by atoms with van der Waals surface area (Å²) in [7, 11) is 0. The summed E-state index contributed by atoms with van der Waals surface area (Å²) in [5.41, 5.74) is 0.0110. The molecule has 4 heteroatoms. The van der Waals surface area contributed by atoms with Crippen LogP contribution in [0.3, 0.4) is 0 Å². The van der Waals surface area contributed by atoms with Crippen molar-refractivity contribution >= 4 is 33.8 Å². The Morgan fingerprint density at radius 3 is 1.81 bits per heavy atom. The van der Waals surface area contributed by atoms with Crippen molar-refractivity contribution in [3.05, 3.63) is 10.3 Å². The molecule has 0 aromatic heterocycles. The van der Waals surface area contributed by atoms with E-state index >= 15 is 0 Å². The molecule has 0 heterocycles. The zero-order valence-corrected chi connectivity index (χ0v) is 19.7. The molecular weight excluding hydrogens is 360 g/mol. The van der Waals surface area contributed by atoms with E-state index in [1.807, 2.05) is 5.41 Å². The van der Waals surface area contributed by atoms with Crippen molar-refractivity contribution in [1.29, 1.82) is 0 Å². The van der Waals surface area contributed by atoms with Crippen LogP contribution in [0, 0.1) is 10.8 Å². The van der Waals surface area contributed by atoms with Gasteiger partial charge in [-0.05, 0) is 34.0 Å². The van der Waals surface area contributed by atoms with Gasteiger partial charge in [-0.1, -0.05) is 104 Å². The van der Waals surface area contributed by atoms with Crippen molar-refractivity contribution in [2.24, 2.45) is 10.8 Å². The first-order valence-electron chi connectivity index (χ1n) is 10.0. The van der Waals surface area contributed by atoms with Gasteiger partial charge >= 0.3 is 0 Å². The lowest BCUT2D eigenvalue weighted by atomic mass is 9.93. The van der Waals surface area contributed by atoms with Crippen LogP contribution < -0.4 is 0 Å². The highest BCUT2D eigenvalue weighted by Gasteiger charge is 2.19. The second-order valence-electron chi connectivity index (χ2n) is 9.54. The van der Waals surface area contributed by atoms with Crippen LogP contribution in [0.2, 0.25) is 0 Å². The molecule has 0 aromatic rings. The van der Waals surface area contributed by atoms with E-state index in [4.69, 9.17) is 0 Å². The number of carbonyl (C=O) groups excluding carboxylic acids is 2. The predicted octanol–water partition coefficient (Wildman–Crippen LogP) is 7.97. The Morgan fingerprint density at radius 2 is 1.27 bits per heavy atom. The number of thioether (sulfide) groups is 2. The third-order valence-electron chi connectivity index (χ3n) is 3.69. The Hall–Kier alpha value is -0.220. The summed E-state index contributed by atoms with van der Waals surface area (Å²) >= 11 is 2.62. The topological polar surface area (TPSA) is 34.1 Å². The van der Waals surface area contributed by atoms with E-state index in [1.54, 1.807) is 0 Å². The Morgan fingerprint density at radius 1 is 0.769 bits per heavy atom. The summed E-state index contributed by atoms with van der Waals surface area (Å²) < 4.78 is 0. The average molecular weight is 401 g/mol. The lowest BCUT2D eigenvalue weighted by Gasteiger charge is -2.17. The lowest BCUT2D eigenvalue weighted by molar-refractivity contribution is -0.113. The van der Waals surface area contributed by atoms with Crippen LogP contribution in [0.15, 0.2) is 10.3 Å². The molecule has 0 rings (SSSR count). The number of allylic oxidation sites excluding steroid dienone is 1. The Labute approximate surface area is 170 Å². The molecule has 152 valence electrons. The maximum Gasteiger partial charge on any atom is 0.193 e. The van der Waals surface area contributed by atoms with E-state index in [0.29, 0.717) is 12.8 Å². The fraction of sp³-hybridized carbons (Fsp3) is 0.818. The molecule has 0 aromatic carbocycles. The van der Waals surface area contributed by atoms with Gasteiger partial charge in [0.2, 0.25) is 0 Å². The Bertz CT molecular complexity index is 454. The number of unbranched alkanes of at least 4 members (excludes halogenated alkanes) is 5.